The van der Waals surface area contributed by atoms with Crippen molar-refractivity contribution in [2.24, 2.45) is 0 Å². The molecule has 0 spiro atoms. The number of nitrogens with one attached hydrogen (secondary N) is 1. The molecule has 2 aromatic rings. The first-order chi connectivity index (χ1) is 8.83. The third-order valence-corrected chi connectivity index (χ3v) is 3.08. The zero-order chi connectivity index (χ0) is 12.8. The molecule has 1 aromatic carbocycles. The highest BCUT2D eigenvalue weighted by molar-refractivity contribution is 5.61. The summed E-state index contributed by atoms with van der Waals surface area (Å²) in [5.74, 6) is 0. The normalized spacial score (nSPS) is 12.6. The molecule has 0 saturated carbocycles. The van der Waals surface area contributed by atoms with Crippen LogP contribution >= 0.6 is 0 Å². The fraction of sp³-hybridized carbons (Fsp3) is 0.357. The zero-order valence-corrected chi connectivity index (χ0v) is 10.6. The van der Waals surface area contributed by atoms with Crippen molar-refractivity contribution < 1.29 is 5.11 Å². The van der Waals surface area contributed by atoms with Gasteiger partial charge in [-0.2, -0.15) is 5.10 Å². The van der Waals surface area contributed by atoms with Gasteiger partial charge >= 0.3 is 0 Å². The number of benzene rings is 1. The second kappa shape index (κ2) is 6.33. The quantitative estimate of drug-likeness (QED) is 0.811. The van der Waals surface area contributed by atoms with Crippen LogP contribution < -0.4 is 5.32 Å². The largest absolute Gasteiger partial charge is 0.395 e. The molecule has 96 valence electrons. The Balaban J connectivity index is 1.98. The van der Waals surface area contributed by atoms with Gasteiger partial charge in [-0.3, -0.25) is 4.68 Å². The van der Waals surface area contributed by atoms with Gasteiger partial charge in [0.25, 0.3) is 0 Å². The van der Waals surface area contributed by atoms with Gasteiger partial charge in [0, 0.05) is 24.3 Å². The topological polar surface area (TPSA) is 50.1 Å². The number of hydrogen-bond donors (Lipinski definition) is 2. The Labute approximate surface area is 107 Å². The van der Waals surface area contributed by atoms with Gasteiger partial charge in [0.1, 0.15) is 0 Å². The van der Waals surface area contributed by atoms with Crippen molar-refractivity contribution in [1.29, 1.82) is 0 Å². The average molecular weight is 245 g/mol. The molecule has 0 saturated heterocycles. The maximum Gasteiger partial charge on any atom is 0.0585 e. The summed E-state index contributed by atoms with van der Waals surface area (Å²) >= 11 is 0. The first kappa shape index (κ1) is 12.8. The number of aromatic nitrogens is 2. The molecular weight excluding hydrogens is 226 g/mol. The summed E-state index contributed by atoms with van der Waals surface area (Å²) in [5.41, 5.74) is 2.30. The molecule has 1 aromatic heterocycles. The maximum atomic E-state index is 9.10. The van der Waals surface area contributed by atoms with Crippen LogP contribution in [-0.2, 0) is 6.54 Å². The van der Waals surface area contributed by atoms with Gasteiger partial charge < -0.3 is 10.4 Å². The van der Waals surface area contributed by atoms with E-state index in [0.29, 0.717) is 0 Å². The van der Waals surface area contributed by atoms with Crippen molar-refractivity contribution >= 4 is 0 Å². The molecule has 0 aliphatic carbocycles. The van der Waals surface area contributed by atoms with E-state index < -0.39 is 0 Å². The predicted molar refractivity (Wildman–Crippen MR) is 72.2 cm³/mol. The molecule has 0 aliphatic rings. The molecule has 2 rings (SSSR count). The fourth-order valence-electron chi connectivity index (χ4n) is 1.88. The highest BCUT2D eigenvalue weighted by atomic mass is 16.3. The van der Waals surface area contributed by atoms with Crippen LogP contribution in [0.4, 0.5) is 0 Å². The maximum absolute atomic E-state index is 9.10. The van der Waals surface area contributed by atoms with Crippen molar-refractivity contribution in [2.45, 2.75) is 19.0 Å². The van der Waals surface area contributed by atoms with Crippen molar-refractivity contribution in [1.82, 2.24) is 15.1 Å². The second-order valence-corrected chi connectivity index (χ2v) is 4.31. The van der Waals surface area contributed by atoms with E-state index in [4.69, 9.17) is 5.11 Å². The van der Waals surface area contributed by atoms with Crippen LogP contribution in [0.2, 0.25) is 0 Å². The Morgan fingerprint density at radius 1 is 1.28 bits per heavy atom. The Kier molecular flexibility index (Phi) is 4.50. The standard InChI is InChI=1S/C14H19N3O/c1-15-14(11-18)7-8-17-10-13(9-16-17)12-5-3-2-4-6-12/h2-6,9-10,14-15,18H,7-8,11H2,1H3. The number of aliphatic hydroxyl groups is 1. The van der Waals surface area contributed by atoms with E-state index in [2.05, 4.69) is 22.5 Å². The highest BCUT2D eigenvalue weighted by Gasteiger charge is 2.05. The minimum Gasteiger partial charge on any atom is -0.395 e. The van der Waals surface area contributed by atoms with E-state index in [-0.39, 0.29) is 12.6 Å². The minimum atomic E-state index is 0.134. The Morgan fingerprint density at radius 3 is 2.72 bits per heavy atom. The van der Waals surface area contributed by atoms with Gasteiger partial charge in [0.2, 0.25) is 0 Å². The number of rotatable bonds is 6. The van der Waals surface area contributed by atoms with Crippen LogP contribution in [0.5, 0.6) is 0 Å². The molecule has 2 N–H and O–H groups in total. The summed E-state index contributed by atoms with van der Waals surface area (Å²) < 4.78 is 1.92. The van der Waals surface area contributed by atoms with Gasteiger partial charge in [-0.15, -0.1) is 0 Å². The van der Waals surface area contributed by atoms with E-state index in [1.807, 2.05) is 42.3 Å². The lowest BCUT2D eigenvalue weighted by molar-refractivity contribution is 0.236. The summed E-state index contributed by atoms with van der Waals surface area (Å²) in [4.78, 5) is 0. The zero-order valence-electron chi connectivity index (χ0n) is 10.6. The van der Waals surface area contributed by atoms with Crippen molar-refractivity contribution in [2.75, 3.05) is 13.7 Å². The molecule has 4 heteroatoms. The first-order valence-electron chi connectivity index (χ1n) is 6.19. The van der Waals surface area contributed by atoms with Crippen LogP contribution in [0, 0.1) is 0 Å². The molecule has 0 aliphatic heterocycles. The number of aliphatic hydroxyl groups excluding tert-OH is 1. The lowest BCUT2D eigenvalue weighted by Gasteiger charge is -2.12. The van der Waals surface area contributed by atoms with Crippen molar-refractivity contribution in [3.63, 3.8) is 0 Å². The first-order valence-corrected chi connectivity index (χ1v) is 6.19. The third-order valence-electron chi connectivity index (χ3n) is 3.08. The van der Waals surface area contributed by atoms with Crippen LogP contribution in [-0.4, -0.2) is 34.6 Å². The highest BCUT2D eigenvalue weighted by Crippen LogP contribution is 2.17. The van der Waals surface area contributed by atoms with Gasteiger partial charge in [0.05, 0.1) is 12.8 Å². The van der Waals surface area contributed by atoms with Crippen LogP contribution in [0.3, 0.4) is 0 Å². The van der Waals surface area contributed by atoms with Crippen molar-refractivity contribution in [3.8, 4) is 11.1 Å². The molecule has 0 amide bonds. The Bertz CT molecular complexity index is 463. The predicted octanol–water partition coefficient (Wildman–Crippen LogP) is 1.52. The van der Waals surface area contributed by atoms with E-state index in [1.54, 1.807) is 0 Å². The summed E-state index contributed by atoms with van der Waals surface area (Å²) in [6.45, 7) is 0.961. The second-order valence-electron chi connectivity index (χ2n) is 4.31. The molecule has 1 atom stereocenters. The SMILES string of the molecule is CNC(CO)CCn1cc(-c2ccccc2)cn1. The van der Waals surface area contributed by atoms with E-state index in [9.17, 15) is 0 Å². The van der Waals surface area contributed by atoms with Crippen molar-refractivity contribution in [3.05, 3.63) is 42.7 Å². The molecule has 0 bridgehead atoms. The summed E-state index contributed by atoms with van der Waals surface area (Å²) in [7, 11) is 1.86. The smallest absolute Gasteiger partial charge is 0.0585 e. The van der Waals surface area contributed by atoms with E-state index >= 15 is 0 Å². The summed E-state index contributed by atoms with van der Waals surface area (Å²) in [6, 6.07) is 10.3. The molecule has 18 heavy (non-hydrogen) atoms. The number of hydrogen-bond acceptors (Lipinski definition) is 3. The molecule has 1 unspecified atom stereocenters. The number of aryl methyl sites for hydroxylation is 1. The number of nitrogens with zero attached hydrogens (tertiary/aromatic N) is 2. The van der Waals surface area contributed by atoms with Gasteiger partial charge in [-0.1, -0.05) is 30.3 Å². The van der Waals surface area contributed by atoms with E-state index in [1.165, 1.54) is 5.56 Å². The minimum absolute atomic E-state index is 0.134. The van der Waals surface area contributed by atoms with Crippen LogP contribution in [0.15, 0.2) is 42.7 Å². The van der Waals surface area contributed by atoms with Gasteiger partial charge in [-0.25, -0.2) is 0 Å². The lowest BCUT2D eigenvalue weighted by atomic mass is 10.1. The van der Waals surface area contributed by atoms with E-state index in [0.717, 1.165) is 18.5 Å². The molecule has 4 nitrogen and oxygen atoms in total. The molecule has 0 radical (unpaired) electrons. The third kappa shape index (κ3) is 3.18. The number of likely N-dealkylation sites (N-methyl/N-ethyl adjacent to an activating group) is 1. The van der Waals surface area contributed by atoms with Crippen LogP contribution in [0.1, 0.15) is 6.42 Å². The molecule has 1 heterocycles. The average Bonchev–Trinajstić information content (AvgIpc) is 2.90. The molecular formula is C14H19N3O. The Morgan fingerprint density at radius 2 is 2.06 bits per heavy atom. The van der Waals surface area contributed by atoms with Gasteiger partial charge in [-0.05, 0) is 19.0 Å². The fourth-order valence-corrected chi connectivity index (χ4v) is 1.88. The lowest BCUT2D eigenvalue weighted by Crippen LogP contribution is -2.30. The summed E-state index contributed by atoms with van der Waals surface area (Å²) in [6.07, 6.45) is 4.78. The Hall–Kier alpha value is -1.65. The monoisotopic (exact) mass is 245 g/mol. The van der Waals surface area contributed by atoms with Gasteiger partial charge in [0.15, 0.2) is 0 Å². The molecule has 0 fully saturated rings. The summed E-state index contributed by atoms with van der Waals surface area (Å²) in [5, 5.41) is 16.5. The van der Waals surface area contributed by atoms with Crippen LogP contribution in [0.25, 0.3) is 11.1 Å².